The number of anilines is 1. The van der Waals surface area contributed by atoms with Gasteiger partial charge in [-0.2, -0.15) is 0 Å². The normalized spacial score (nSPS) is 10.2. The van der Waals surface area contributed by atoms with Crippen LogP contribution in [0.2, 0.25) is 0 Å². The molecule has 0 radical (unpaired) electrons. The molecule has 0 saturated carbocycles. The molecule has 0 atom stereocenters. The minimum atomic E-state index is 0.765. The van der Waals surface area contributed by atoms with E-state index in [1.54, 1.807) is 20.5 Å². The van der Waals surface area contributed by atoms with Crippen molar-refractivity contribution in [2.24, 2.45) is 0 Å². The van der Waals surface area contributed by atoms with Crippen LogP contribution < -0.4 is 14.8 Å². The van der Waals surface area contributed by atoms with Gasteiger partial charge in [-0.05, 0) is 24.6 Å². The molecule has 2 rings (SSSR count). The highest BCUT2D eigenvalue weighted by Gasteiger charge is 2.15. The summed E-state index contributed by atoms with van der Waals surface area (Å²) in [5.74, 6) is 2.37. The molecule has 0 bridgehead atoms. The molecule has 0 aliphatic carbocycles. The van der Waals surface area contributed by atoms with Crippen molar-refractivity contribution in [3.63, 3.8) is 0 Å². The number of rotatable bonds is 5. The van der Waals surface area contributed by atoms with Gasteiger partial charge < -0.3 is 14.8 Å². The van der Waals surface area contributed by atoms with Gasteiger partial charge >= 0.3 is 0 Å². The van der Waals surface area contributed by atoms with Crippen molar-refractivity contribution in [1.29, 1.82) is 0 Å². The van der Waals surface area contributed by atoms with E-state index in [0.29, 0.717) is 0 Å². The number of hydrogen-bond donors (Lipinski definition) is 1. The Morgan fingerprint density at radius 2 is 1.95 bits per heavy atom. The van der Waals surface area contributed by atoms with Gasteiger partial charge in [-0.15, -0.1) is 0 Å². The number of nitrogens with one attached hydrogen (secondary N) is 1. The highest BCUT2D eigenvalue weighted by atomic mass is 16.5. The maximum atomic E-state index is 5.44. The lowest BCUT2D eigenvalue weighted by Crippen LogP contribution is -2.03. The third-order valence-electron chi connectivity index (χ3n) is 3.20. The number of benzene rings is 1. The molecule has 106 valence electrons. The maximum Gasteiger partial charge on any atom is 0.132 e. The number of hydrogen-bond acceptors (Lipinski definition) is 5. The van der Waals surface area contributed by atoms with Gasteiger partial charge in [-0.25, -0.2) is 9.97 Å². The van der Waals surface area contributed by atoms with Crippen LogP contribution in [-0.2, 0) is 6.42 Å². The van der Waals surface area contributed by atoms with Crippen molar-refractivity contribution in [3.8, 4) is 22.8 Å². The number of methoxy groups -OCH3 is 2. The van der Waals surface area contributed by atoms with E-state index in [4.69, 9.17) is 9.47 Å². The molecule has 1 aromatic carbocycles. The fourth-order valence-electron chi connectivity index (χ4n) is 2.19. The molecular weight excluding hydrogens is 254 g/mol. The summed E-state index contributed by atoms with van der Waals surface area (Å²) >= 11 is 0. The lowest BCUT2D eigenvalue weighted by molar-refractivity contribution is 0.404. The second kappa shape index (κ2) is 6.23. The Hall–Kier alpha value is -2.30. The Kier molecular flexibility index (Phi) is 4.40. The third-order valence-corrected chi connectivity index (χ3v) is 3.20. The Labute approximate surface area is 119 Å². The fourth-order valence-corrected chi connectivity index (χ4v) is 2.19. The summed E-state index contributed by atoms with van der Waals surface area (Å²) in [6, 6.07) is 5.68. The fraction of sp³-hybridized carbons (Fsp3) is 0.333. The molecule has 0 unspecified atom stereocenters. The summed E-state index contributed by atoms with van der Waals surface area (Å²) in [4.78, 5) is 8.68. The molecule has 5 nitrogen and oxygen atoms in total. The zero-order valence-electron chi connectivity index (χ0n) is 12.2. The van der Waals surface area contributed by atoms with Gasteiger partial charge in [0.2, 0.25) is 0 Å². The SMILES string of the molecule is CCc1c(NC)ncnc1-c1cc(OC)ccc1OC. The van der Waals surface area contributed by atoms with Crippen LogP contribution in [0.1, 0.15) is 12.5 Å². The Balaban J connectivity index is 2.66. The molecule has 0 fully saturated rings. The summed E-state index contributed by atoms with van der Waals surface area (Å²) in [5.41, 5.74) is 2.83. The number of aromatic nitrogens is 2. The van der Waals surface area contributed by atoms with Crippen LogP contribution in [0.3, 0.4) is 0 Å². The number of nitrogens with zero attached hydrogens (tertiary/aromatic N) is 2. The van der Waals surface area contributed by atoms with E-state index in [0.717, 1.165) is 40.6 Å². The van der Waals surface area contributed by atoms with Gasteiger partial charge in [0.1, 0.15) is 23.6 Å². The summed E-state index contributed by atoms with van der Waals surface area (Å²) < 4.78 is 10.7. The lowest BCUT2D eigenvalue weighted by atomic mass is 10.0. The first-order valence-electron chi connectivity index (χ1n) is 6.49. The molecule has 20 heavy (non-hydrogen) atoms. The highest BCUT2D eigenvalue weighted by molar-refractivity contribution is 5.74. The van der Waals surface area contributed by atoms with E-state index in [9.17, 15) is 0 Å². The van der Waals surface area contributed by atoms with Gasteiger partial charge in [0, 0.05) is 18.2 Å². The molecule has 0 amide bonds. The van der Waals surface area contributed by atoms with E-state index in [1.165, 1.54) is 0 Å². The smallest absolute Gasteiger partial charge is 0.132 e. The van der Waals surface area contributed by atoms with Crippen molar-refractivity contribution >= 4 is 5.82 Å². The minimum absolute atomic E-state index is 0.765. The second-order valence-corrected chi connectivity index (χ2v) is 4.22. The molecule has 2 aromatic rings. The van der Waals surface area contributed by atoms with Crippen molar-refractivity contribution in [3.05, 3.63) is 30.1 Å². The minimum Gasteiger partial charge on any atom is -0.497 e. The van der Waals surface area contributed by atoms with E-state index >= 15 is 0 Å². The Bertz CT molecular complexity index is 600. The zero-order valence-corrected chi connectivity index (χ0v) is 12.2. The predicted octanol–water partition coefficient (Wildman–Crippen LogP) is 2.76. The Morgan fingerprint density at radius 3 is 2.55 bits per heavy atom. The standard InChI is InChI=1S/C15H19N3O2/c1-5-11-14(17-9-18-15(11)16-2)12-8-10(19-3)6-7-13(12)20-4/h6-9H,5H2,1-4H3,(H,16,17,18). The van der Waals surface area contributed by atoms with Crippen LogP contribution in [0, 0.1) is 0 Å². The largest absolute Gasteiger partial charge is 0.497 e. The first-order chi connectivity index (χ1) is 9.74. The molecule has 0 spiro atoms. The van der Waals surface area contributed by atoms with Crippen LogP contribution in [0.5, 0.6) is 11.5 Å². The first kappa shape index (κ1) is 14.1. The first-order valence-corrected chi connectivity index (χ1v) is 6.49. The molecule has 1 N–H and O–H groups in total. The van der Waals surface area contributed by atoms with Crippen molar-refractivity contribution in [2.75, 3.05) is 26.6 Å². The topological polar surface area (TPSA) is 56.3 Å². The average molecular weight is 273 g/mol. The van der Waals surface area contributed by atoms with Gasteiger partial charge in [-0.1, -0.05) is 6.92 Å². The van der Waals surface area contributed by atoms with E-state index < -0.39 is 0 Å². The van der Waals surface area contributed by atoms with Gasteiger partial charge in [0.05, 0.1) is 19.9 Å². The van der Waals surface area contributed by atoms with Crippen LogP contribution in [0.4, 0.5) is 5.82 Å². The zero-order chi connectivity index (χ0) is 14.5. The summed E-state index contributed by atoms with van der Waals surface area (Å²) in [5, 5.41) is 3.10. The lowest BCUT2D eigenvalue weighted by Gasteiger charge is -2.14. The average Bonchev–Trinajstić information content (AvgIpc) is 2.53. The molecule has 0 saturated heterocycles. The van der Waals surface area contributed by atoms with Crippen LogP contribution in [0.15, 0.2) is 24.5 Å². The van der Waals surface area contributed by atoms with E-state index in [2.05, 4.69) is 22.2 Å². The van der Waals surface area contributed by atoms with E-state index in [-0.39, 0.29) is 0 Å². The second-order valence-electron chi connectivity index (χ2n) is 4.22. The molecule has 0 aliphatic heterocycles. The van der Waals surface area contributed by atoms with Crippen LogP contribution in [-0.4, -0.2) is 31.2 Å². The van der Waals surface area contributed by atoms with Gasteiger partial charge in [-0.3, -0.25) is 0 Å². The third kappa shape index (κ3) is 2.52. The molecular formula is C15H19N3O2. The van der Waals surface area contributed by atoms with Gasteiger partial charge in [0.25, 0.3) is 0 Å². The van der Waals surface area contributed by atoms with Gasteiger partial charge in [0.15, 0.2) is 0 Å². The summed E-state index contributed by atoms with van der Waals surface area (Å²) in [6.07, 6.45) is 2.38. The molecule has 1 heterocycles. The Morgan fingerprint density at radius 1 is 1.15 bits per heavy atom. The molecule has 1 aromatic heterocycles. The summed E-state index contributed by atoms with van der Waals surface area (Å²) in [7, 11) is 5.15. The quantitative estimate of drug-likeness (QED) is 0.907. The van der Waals surface area contributed by atoms with Crippen molar-refractivity contribution < 1.29 is 9.47 Å². The van der Waals surface area contributed by atoms with Crippen molar-refractivity contribution in [2.45, 2.75) is 13.3 Å². The molecule has 0 aliphatic rings. The molecule has 5 heteroatoms. The summed E-state index contributed by atoms with van der Waals surface area (Å²) in [6.45, 7) is 2.08. The maximum absolute atomic E-state index is 5.44. The monoisotopic (exact) mass is 273 g/mol. The van der Waals surface area contributed by atoms with Crippen molar-refractivity contribution in [1.82, 2.24) is 9.97 Å². The number of ether oxygens (including phenoxy) is 2. The highest BCUT2D eigenvalue weighted by Crippen LogP contribution is 2.35. The van der Waals surface area contributed by atoms with Crippen LogP contribution >= 0.6 is 0 Å². The van der Waals surface area contributed by atoms with E-state index in [1.807, 2.05) is 25.2 Å². The van der Waals surface area contributed by atoms with Crippen LogP contribution in [0.25, 0.3) is 11.3 Å². The predicted molar refractivity (Wildman–Crippen MR) is 79.5 cm³/mol.